The number of amides is 1. The molecule has 0 saturated heterocycles. The lowest BCUT2D eigenvalue weighted by Gasteiger charge is -2.13. The molecule has 0 radical (unpaired) electrons. The summed E-state index contributed by atoms with van der Waals surface area (Å²) in [5.41, 5.74) is 0.831. The van der Waals surface area contributed by atoms with Crippen LogP contribution >= 0.6 is 15.9 Å². The van der Waals surface area contributed by atoms with E-state index in [1.54, 1.807) is 24.3 Å². The molecule has 0 aliphatic heterocycles. The molecule has 0 saturated carbocycles. The van der Waals surface area contributed by atoms with E-state index in [4.69, 9.17) is 4.74 Å². The van der Waals surface area contributed by atoms with Gasteiger partial charge in [-0.3, -0.25) is 9.59 Å². The van der Waals surface area contributed by atoms with Crippen molar-refractivity contribution in [2.45, 2.75) is 17.4 Å². The molecule has 1 amide bonds. The van der Waals surface area contributed by atoms with E-state index >= 15 is 0 Å². The first-order valence-corrected chi connectivity index (χ1v) is 10.9. The van der Waals surface area contributed by atoms with E-state index in [2.05, 4.69) is 37.8 Å². The molecule has 10 heteroatoms. The van der Waals surface area contributed by atoms with Crippen molar-refractivity contribution in [3.05, 3.63) is 58.6 Å². The predicted molar refractivity (Wildman–Crippen MR) is 115 cm³/mol. The van der Waals surface area contributed by atoms with Crippen LogP contribution in [0.25, 0.3) is 0 Å². The number of nitrogens with one attached hydrogen (secondary N) is 2. The maximum absolute atomic E-state index is 12.5. The van der Waals surface area contributed by atoms with Gasteiger partial charge in [-0.25, -0.2) is 8.42 Å². The number of carboxylic acid groups (broad SMARTS) is 1. The summed E-state index contributed by atoms with van der Waals surface area (Å²) >= 11 is 3.29. The third-order valence-electron chi connectivity index (χ3n) is 3.77. The van der Waals surface area contributed by atoms with Gasteiger partial charge >= 0.3 is 5.97 Å². The van der Waals surface area contributed by atoms with Crippen molar-refractivity contribution >= 4 is 43.5 Å². The average Bonchev–Trinajstić information content (AvgIpc) is 2.71. The predicted octanol–water partition coefficient (Wildman–Crippen LogP) is 2.47. The number of methoxy groups -OCH3 is 1. The first-order valence-electron chi connectivity index (χ1n) is 8.59. The lowest BCUT2D eigenvalue weighted by molar-refractivity contribution is -0.138. The standard InChI is InChI=1S/C20H19BrN2O6S/c1-29-13-3-2-4-18(20(25)26)23-30(27,28)17-11-9-16(10-12-17)22-19(24)14-5-7-15(21)8-6-14/h5-12,18,23H,4,13H2,1H3,(H,22,24)(H,25,26). The number of carbonyl (C=O) groups excluding carboxylic acids is 1. The Kier molecular flexibility index (Phi) is 8.56. The van der Waals surface area contributed by atoms with Crippen LogP contribution in [0.2, 0.25) is 0 Å². The molecule has 2 aromatic rings. The molecule has 0 fully saturated rings. The number of halogens is 1. The molecule has 3 N–H and O–H groups in total. The van der Waals surface area contributed by atoms with Crippen molar-refractivity contribution in [2.75, 3.05) is 19.0 Å². The van der Waals surface area contributed by atoms with E-state index in [1.807, 2.05) is 0 Å². The minimum atomic E-state index is -4.10. The van der Waals surface area contributed by atoms with E-state index in [0.717, 1.165) is 4.47 Å². The van der Waals surface area contributed by atoms with Gasteiger partial charge in [0.25, 0.3) is 5.91 Å². The van der Waals surface area contributed by atoms with Gasteiger partial charge in [0.15, 0.2) is 0 Å². The monoisotopic (exact) mass is 494 g/mol. The molecule has 0 bridgehead atoms. The Morgan fingerprint density at radius 2 is 1.73 bits per heavy atom. The Morgan fingerprint density at radius 1 is 1.10 bits per heavy atom. The van der Waals surface area contributed by atoms with Crippen molar-refractivity contribution in [3.8, 4) is 11.8 Å². The number of rotatable bonds is 8. The van der Waals surface area contributed by atoms with Crippen molar-refractivity contribution in [1.29, 1.82) is 0 Å². The minimum Gasteiger partial charge on any atom is -0.480 e. The molecule has 0 spiro atoms. The fourth-order valence-electron chi connectivity index (χ4n) is 2.25. The summed E-state index contributed by atoms with van der Waals surface area (Å²) in [7, 11) is -2.66. The summed E-state index contributed by atoms with van der Waals surface area (Å²) in [5.74, 6) is 3.44. The van der Waals surface area contributed by atoms with Gasteiger partial charge in [-0.15, -0.1) is 0 Å². The first-order chi connectivity index (χ1) is 14.2. The summed E-state index contributed by atoms with van der Waals surface area (Å²) in [6, 6.07) is 10.7. The van der Waals surface area contributed by atoms with E-state index in [0.29, 0.717) is 11.3 Å². The zero-order valence-electron chi connectivity index (χ0n) is 15.9. The summed E-state index contributed by atoms with van der Waals surface area (Å²) in [5, 5.41) is 11.9. The number of aliphatic carboxylic acids is 1. The van der Waals surface area contributed by atoms with Crippen LogP contribution in [-0.4, -0.2) is 45.2 Å². The largest absolute Gasteiger partial charge is 0.480 e. The van der Waals surface area contributed by atoms with Crippen LogP contribution in [0, 0.1) is 11.8 Å². The highest BCUT2D eigenvalue weighted by Gasteiger charge is 2.24. The van der Waals surface area contributed by atoms with Gasteiger partial charge in [0.2, 0.25) is 10.0 Å². The summed E-state index contributed by atoms with van der Waals surface area (Å²) in [6.45, 7) is 0.118. The summed E-state index contributed by atoms with van der Waals surface area (Å²) < 4.78 is 32.7. The zero-order chi connectivity index (χ0) is 22.1. The maximum atomic E-state index is 12.5. The summed E-state index contributed by atoms with van der Waals surface area (Å²) in [4.78, 5) is 23.4. The number of ether oxygens (including phenoxy) is 1. The lowest BCUT2D eigenvalue weighted by atomic mass is 10.2. The number of hydrogen-bond donors (Lipinski definition) is 3. The number of anilines is 1. The second-order valence-corrected chi connectivity index (χ2v) is 8.62. The molecule has 2 rings (SSSR count). The molecule has 0 aliphatic rings. The van der Waals surface area contributed by atoms with Crippen LogP contribution in [-0.2, 0) is 19.6 Å². The third-order valence-corrected chi connectivity index (χ3v) is 5.79. The minimum absolute atomic E-state index is 0.118. The Labute approximate surface area is 182 Å². The van der Waals surface area contributed by atoms with Gasteiger partial charge in [-0.05, 0) is 48.5 Å². The Hall–Kier alpha value is -2.71. The molecule has 2 aromatic carbocycles. The van der Waals surface area contributed by atoms with Crippen LogP contribution in [0.5, 0.6) is 0 Å². The highest BCUT2D eigenvalue weighted by Crippen LogP contribution is 2.17. The molecular weight excluding hydrogens is 476 g/mol. The van der Waals surface area contributed by atoms with Crippen molar-refractivity contribution in [2.24, 2.45) is 0 Å². The van der Waals surface area contributed by atoms with E-state index in [1.165, 1.54) is 31.4 Å². The zero-order valence-corrected chi connectivity index (χ0v) is 18.3. The fourth-order valence-corrected chi connectivity index (χ4v) is 3.71. The number of carboxylic acids is 1. The summed E-state index contributed by atoms with van der Waals surface area (Å²) in [6.07, 6.45) is -0.209. The molecule has 30 heavy (non-hydrogen) atoms. The smallest absolute Gasteiger partial charge is 0.322 e. The van der Waals surface area contributed by atoms with Gasteiger partial charge in [0, 0.05) is 29.3 Å². The van der Waals surface area contributed by atoms with Crippen LogP contribution in [0.1, 0.15) is 16.8 Å². The average molecular weight is 495 g/mol. The topological polar surface area (TPSA) is 122 Å². The van der Waals surface area contributed by atoms with Crippen molar-refractivity contribution < 1.29 is 27.9 Å². The van der Waals surface area contributed by atoms with Gasteiger partial charge < -0.3 is 15.2 Å². The molecule has 1 atom stereocenters. The second-order valence-electron chi connectivity index (χ2n) is 5.99. The third kappa shape index (κ3) is 6.96. The molecule has 0 heterocycles. The van der Waals surface area contributed by atoms with E-state index < -0.39 is 22.0 Å². The molecule has 0 aromatic heterocycles. The number of benzene rings is 2. The fraction of sp³-hybridized carbons (Fsp3) is 0.200. The van der Waals surface area contributed by atoms with Crippen molar-refractivity contribution in [3.63, 3.8) is 0 Å². The normalized spacial score (nSPS) is 11.8. The maximum Gasteiger partial charge on any atom is 0.322 e. The molecule has 8 nitrogen and oxygen atoms in total. The van der Waals surface area contributed by atoms with Gasteiger partial charge in [-0.2, -0.15) is 4.72 Å². The van der Waals surface area contributed by atoms with Crippen LogP contribution in [0.15, 0.2) is 57.9 Å². The van der Waals surface area contributed by atoms with E-state index in [-0.39, 0.29) is 23.8 Å². The Morgan fingerprint density at radius 3 is 2.30 bits per heavy atom. The number of sulfonamides is 1. The van der Waals surface area contributed by atoms with Gasteiger partial charge in [0.05, 0.1) is 4.90 Å². The number of hydrogen-bond acceptors (Lipinski definition) is 5. The van der Waals surface area contributed by atoms with Gasteiger partial charge in [-0.1, -0.05) is 27.8 Å². The van der Waals surface area contributed by atoms with Crippen LogP contribution < -0.4 is 10.0 Å². The highest BCUT2D eigenvalue weighted by atomic mass is 79.9. The van der Waals surface area contributed by atoms with Crippen LogP contribution in [0.4, 0.5) is 5.69 Å². The second kappa shape index (κ2) is 10.9. The van der Waals surface area contributed by atoms with Gasteiger partial charge in [0.1, 0.15) is 12.6 Å². The SMILES string of the molecule is COCC#CCC(NS(=O)(=O)c1ccc(NC(=O)c2ccc(Br)cc2)cc1)C(=O)O. The quantitative estimate of drug-likeness (QED) is 0.484. The number of carbonyl (C=O) groups is 2. The Balaban J connectivity index is 2.07. The van der Waals surface area contributed by atoms with E-state index in [9.17, 15) is 23.1 Å². The molecule has 1 unspecified atom stereocenters. The molecule has 158 valence electrons. The first kappa shape index (κ1) is 23.6. The Bertz CT molecular complexity index is 1060. The lowest BCUT2D eigenvalue weighted by Crippen LogP contribution is -2.40. The van der Waals surface area contributed by atoms with Crippen molar-refractivity contribution in [1.82, 2.24) is 4.72 Å². The van der Waals surface area contributed by atoms with Crippen LogP contribution in [0.3, 0.4) is 0 Å². The highest BCUT2D eigenvalue weighted by molar-refractivity contribution is 9.10. The molecular formula is C20H19BrN2O6S. The molecule has 0 aliphatic carbocycles.